The van der Waals surface area contributed by atoms with E-state index in [-0.39, 0.29) is 12.5 Å². The van der Waals surface area contributed by atoms with Gasteiger partial charge >= 0.3 is 5.97 Å². The van der Waals surface area contributed by atoms with Crippen molar-refractivity contribution in [2.75, 3.05) is 13.7 Å². The van der Waals surface area contributed by atoms with E-state index in [1.165, 1.54) is 4.90 Å². The Kier molecular flexibility index (Phi) is 5.89. The van der Waals surface area contributed by atoms with E-state index < -0.39 is 5.97 Å². The molecule has 0 saturated carbocycles. The lowest BCUT2D eigenvalue weighted by Gasteiger charge is -2.17. The second-order valence-electron chi connectivity index (χ2n) is 6.70. The highest BCUT2D eigenvalue weighted by atomic mass is 16.5. The molecular weight excluding hydrogens is 354 g/mol. The minimum absolute atomic E-state index is 0.253. The van der Waals surface area contributed by atoms with Crippen LogP contribution in [-0.2, 0) is 16.1 Å². The minimum Gasteiger partial charge on any atom is -0.452 e. The highest BCUT2D eigenvalue weighted by Gasteiger charge is 2.14. The molecule has 3 rings (SSSR count). The van der Waals surface area contributed by atoms with E-state index in [9.17, 15) is 9.59 Å². The van der Waals surface area contributed by atoms with Gasteiger partial charge in [-0.1, -0.05) is 30.3 Å². The van der Waals surface area contributed by atoms with E-state index in [1.807, 2.05) is 54.9 Å². The fraction of sp³-hybridized carbons (Fsp3) is 0.227. The third-order valence-electron chi connectivity index (χ3n) is 4.37. The van der Waals surface area contributed by atoms with Crippen LogP contribution < -0.4 is 0 Å². The molecule has 0 fully saturated rings. The summed E-state index contributed by atoms with van der Waals surface area (Å²) in [5.41, 5.74) is 4.22. The molecule has 0 N–H and O–H groups in total. The Hall–Kier alpha value is -3.41. The number of benzene rings is 2. The Morgan fingerprint density at radius 3 is 2.32 bits per heavy atom. The molecule has 1 amide bonds. The summed E-state index contributed by atoms with van der Waals surface area (Å²) in [6, 6.07) is 18.6. The Balaban J connectivity index is 1.56. The third kappa shape index (κ3) is 4.65. The standard InChI is InChI=1S/C22H23N3O3/c1-16-13-17(2)25(23-16)20-11-9-19(10-12-20)22(27)28-15-21(26)24(3)14-18-7-5-4-6-8-18/h4-13H,14-15H2,1-3H3. The highest BCUT2D eigenvalue weighted by molar-refractivity contribution is 5.91. The number of ether oxygens (including phenoxy) is 1. The van der Waals surface area contributed by atoms with Gasteiger partial charge in [0.15, 0.2) is 6.61 Å². The van der Waals surface area contributed by atoms with Gasteiger partial charge < -0.3 is 9.64 Å². The molecule has 2 aromatic carbocycles. The summed E-state index contributed by atoms with van der Waals surface area (Å²) in [6.07, 6.45) is 0. The molecule has 0 aliphatic rings. The molecule has 0 radical (unpaired) electrons. The number of amides is 1. The first kappa shape index (κ1) is 19.4. The van der Waals surface area contributed by atoms with Crippen LogP contribution in [0.3, 0.4) is 0 Å². The predicted molar refractivity (Wildman–Crippen MR) is 106 cm³/mol. The summed E-state index contributed by atoms with van der Waals surface area (Å²) in [5, 5.41) is 4.42. The van der Waals surface area contributed by atoms with Crippen molar-refractivity contribution in [1.29, 1.82) is 0 Å². The lowest BCUT2D eigenvalue weighted by atomic mass is 10.2. The molecule has 28 heavy (non-hydrogen) atoms. The maximum absolute atomic E-state index is 12.2. The fourth-order valence-corrected chi connectivity index (χ4v) is 2.90. The molecule has 0 spiro atoms. The molecule has 1 heterocycles. The maximum Gasteiger partial charge on any atom is 0.338 e. The number of likely N-dealkylation sites (N-methyl/N-ethyl adjacent to an activating group) is 1. The zero-order valence-electron chi connectivity index (χ0n) is 16.3. The van der Waals surface area contributed by atoms with Crippen LogP contribution in [0, 0.1) is 13.8 Å². The molecule has 0 bridgehead atoms. The van der Waals surface area contributed by atoms with Gasteiger partial charge in [0.25, 0.3) is 5.91 Å². The Morgan fingerprint density at radius 1 is 1.04 bits per heavy atom. The van der Waals surface area contributed by atoms with Gasteiger partial charge in [-0.3, -0.25) is 4.79 Å². The molecule has 144 valence electrons. The van der Waals surface area contributed by atoms with Crippen molar-refractivity contribution in [3.63, 3.8) is 0 Å². The van der Waals surface area contributed by atoms with E-state index in [0.29, 0.717) is 12.1 Å². The lowest BCUT2D eigenvalue weighted by molar-refractivity contribution is -0.133. The van der Waals surface area contributed by atoms with Gasteiger partial charge in [0.2, 0.25) is 0 Å². The van der Waals surface area contributed by atoms with Crippen molar-refractivity contribution in [2.45, 2.75) is 20.4 Å². The SMILES string of the molecule is Cc1cc(C)n(-c2ccc(C(=O)OCC(=O)N(C)Cc3ccccc3)cc2)n1. The van der Waals surface area contributed by atoms with E-state index in [1.54, 1.807) is 31.3 Å². The van der Waals surface area contributed by atoms with Crippen LogP contribution in [0.1, 0.15) is 27.3 Å². The van der Waals surface area contributed by atoms with E-state index >= 15 is 0 Å². The van der Waals surface area contributed by atoms with Gasteiger partial charge in [0.05, 0.1) is 16.9 Å². The van der Waals surface area contributed by atoms with Crippen molar-refractivity contribution < 1.29 is 14.3 Å². The van der Waals surface area contributed by atoms with Gasteiger partial charge in [0.1, 0.15) is 0 Å². The molecule has 1 aromatic heterocycles. The molecule has 0 atom stereocenters. The number of rotatable bonds is 6. The van der Waals surface area contributed by atoms with Gasteiger partial charge in [-0.25, -0.2) is 9.48 Å². The van der Waals surface area contributed by atoms with Crippen molar-refractivity contribution >= 4 is 11.9 Å². The number of nitrogens with zero attached hydrogens (tertiary/aromatic N) is 3. The molecule has 6 nitrogen and oxygen atoms in total. The largest absolute Gasteiger partial charge is 0.452 e. The van der Waals surface area contributed by atoms with Crippen molar-refractivity contribution in [2.24, 2.45) is 0 Å². The number of aryl methyl sites for hydroxylation is 2. The van der Waals surface area contributed by atoms with Crippen LogP contribution in [0.2, 0.25) is 0 Å². The van der Waals surface area contributed by atoms with Gasteiger partial charge in [-0.2, -0.15) is 5.10 Å². The van der Waals surface area contributed by atoms with Crippen molar-refractivity contribution in [3.8, 4) is 5.69 Å². The normalized spacial score (nSPS) is 10.5. The summed E-state index contributed by atoms with van der Waals surface area (Å²) < 4.78 is 6.98. The summed E-state index contributed by atoms with van der Waals surface area (Å²) >= 11 is 0. The van der Waals surface area contributed by atoms with Gasteiger partial charge in [-0.15, -0.1) is 0 Å². The van der Waals surface area contributed by atoms with E-state index in [4.69, 9.17) is 4.74 Å². The second kappa shape index (κ2) is 8.52. The minimum atomic E-state index is -0.527. The monoisotopic (exact) mass is 377 g/mol. The van der Waals surface area contributed by atoms with Gasteiger partial charge in [0, 0.05) is 19.3 Å². The van der Waals surface area contributed by atoms with Crippen LogP contribution in [0.4, 0.5) is 0 Å². The van der Waals surface area contributed by atoms with Crippen LogP contribution in [0.5, 0.6) is 0 Å². The van der Waals surface area contributed by atoms with E-state index in [0.717, 1.165) is 22.6 Å². The molecule has 6 heteroatoms. The third-order valence-corrected chi connectivity index (χ3v) is 4.37. The summed E-state index contributed by atoms with van der Waals surface area (Å²) in [5.74, 6) is -0.780. The number of hydrogen-bond acceptors (Lipinski definition) is 4. The molecule has 0 unspecified atom stereocenters. The van der Waals surface area contributed by atoms with Gasteiger partial charge in [-0.05, 0) is 49.7 Å². The first-order chi connectivity index (χ1) is 13.4. The topological polar surface area (TPSA) is 64.4 Å². The number of aromatic nitrogens is 2. The highest BCUT2D eigenvalue weighted by Crippen LogP contribution is 2.14. The summed E-state index contributed by atoms with van der Waals surface area (Å²) in [6.45, 7) is 4.08. The van der Waals surface area contributed by atoms with Crippen LogP contribution in [-0.4, -0.2) is 40.2 Å². The number of carbonyl (C=O) groups excluding carboxylic acids is 2. The number of carbonyl (C=O) groups is 2. The van der Waals surface area contributed by atoms with Crippen LogP contribution in [0.25, 0.3) is 5.69 Å². The summed E-state index contributed by atoms with van der Waals surface area (Å²) in [4.78, 5) is 26.0. The molecule has 0 aliphatic heterocycles. The molecular formula is C22H23N3O3. The summed E-state index contributed by atoms with van der Waals surface area (Å²) in [7, 11) is 1.69. The van der Waals surface area contributed by atoms with Crippen LogP contribution >= 0.6 is 0 Å². The Bertz CT molecular complexity index is 962. The molecule has 0 aliphatic carbocycles. The Labute approximate surface area is 164 Å². The predicted octanol–water partition coefficient (Wildman–Crippen LogP) is 3.30. The van der Waals surface area contributed by atoms with Crippen LogP contribution in [0.15, 0.2) is 60.7 Å². The lowest BCUT2D eigenvalue weighted by Crippen LogP contribution is -2.30. The maximum atomic E-state index is 12.2. The average Bonchev–Trinajstić information content (AvgIpc) is 3.04. The van der Waals surface area contributed by atoms with Crippen molar-refractivity contribution in [1.82, 2.24) is 14.7 Å². The second-order valence-corrected chi connectivity index (χ2v) is 6.70. The zero-order chi connectivity index (χ0) is 20.1. The number of hydrogen-bond donors (Lipinski definition) is 0. The average molecular weight is 377 g/mol. The molecule has 3 aromatic rings. The molecule has 0 saturated heterocycles. The fourth-order valence-electron chi connectivity index (χ4n) is 2.90. The first-order valence-corrected chi connectivity index (χ1v) is 9.03. The zero-order valence-corrected chi connectivity index (χ0v) is 16.3. The Morgan fingerprint density at radius 2 is 1.71 bits per heavy atom. The van der Waals surface area contributed by atoms with Crippen molar-refractivity contribution in [3.05, 3.63) is 83.2 Å². The first-order valence-electron chi connectivity index (χ1n) is 9.03. The number of esters is 1. The van der Waals surface area contributed by atoms with E-state index in [2.05, 4.69) is 5.10 Å². The quantitative estimate of drug-likeness (QED) is 0.618. The smallest absolute Gasteiger partial charge is 0.338 e.